The highest BCUT2D eigenvalue weighted by Crippen LogP contribution is 2.24. The van der Waals surface area contributed by atoms with E-state index in [1.54, 1.807) is 4.68 Å². The summed E-state index contributed by atoms with van der Waals surface area (Å²) in [5, 5.41) is 5.49. The summed E-state index contributed by atoms with van der Waals surface area (Å²) in [6.07, 6.45) is 3.21. The Bertz CT molecular complexity index is 953. The Labute approximate surface area is 158 Å². The summed E-state index contributed by atoms with van der Waals surface area (Å²) in [5.74, 6) is 0.0928. The lowest BCUT2D eigenvalue weighted by Gasteiger charge is -2.26. The van der Waals surface area contributed by atoms with E-state index in [0.29, 0.717) is 12.1 Å². The first-order valence-corrected chi connectivity index (χ1v) is 9.43. The number of carbonyl (C=O) groups excluding carboxylic acids is 1. The lowest BCUT2D eigenvalue weighted by molar-refractivity contribution is 0.0371. The van der Waals surface area contributed by atoms with Gasteiger partial charge >= 0.3 is 0 Å². The van der Waals surface area contributed by atoms with Crippen LogP contribution in [0.2, 0.25) is 0 Å². The highest BCUT2D eigenvalue weighted by atomic mass is 16.5. The molecule has 0 radical (unpaired) electrons. The van der Waals surface area contributed by atoms with Gasteiger partial charge in [-0.3, -0.25) is 14.4 Å². The van der Waals surface area contributed by atoms with Crippen molar-refractivity contribution in [2.45, 2.75) is 19.8 Å². The number of nitrogens with zero attached hydrogens (tertiary/aromatic N) is 4. The lowest BCUT2D eigenvalue weighted by atomic mass is 10.1. The molecule has 0 aliphatic carbocycles. The van der Waals surface area contributed by atoms with Gasteiger partial charge in [0.2, 0.25) is 0 Å². The van der Waals surface area contributed by atoms with Gasteiger partial charge in [-0.05, 0) is 43.7 Å². The molecule has 1 aliphatic rings. The number of aryl methyl sites for hydroxylation is 2. The van der Waals surface area contributed by atoms with E-state index in [0.717, 1.165) is 67.3 Å². The van der Waals surface area contributed by atoms with Crippen molar-refractivity contribution in [3.63, 3.8) is 0 Å². The van der Waals surface area contributed by atoms with Crippen LogP contribution in [0.25, 0.3) is 22.4 Å². The number of rotatable bonds is 6. The maximum absolute atomic E-state index is 12.6. The van der Waals surface area contributed by atoms with Gasteiger partial charge in [0.25, 0.3) is 0 Å². The molecule has 7 heteroatoms. The SMILES string of the molecule is Cc1cnc2[nH]c(-c3cc(C(=O)CCCN4CCOCC4)nn3C)cc2c1. The molecular formula is C20H25N5O2. The van der Waals surface area contributed by atoms with Crippen LogP contribution in [0.3, 0.4) is 0 Å². The molecule has 0 bridgehead atoms. The summed E-state index contributed by atoms with van der Waals surface area (Å²) in [4.78, 5) is 22.6. The topological polar surface area (TPSA) is 76.0 Å². The van der Waals surface area contributed by atoms with E-state index >= 15 is 0 Å². The Morgan fingerprint density at radius 2 is 2.07 bits per heavy atom. The molecule has 4 heterocycles. The predicted octanol–water partition coefficient (Wildman–Crippen LogP) is 2.57. The van der Waals surface area contributed by atoms with Gasteiger partial charge in [0, 0.05) is 38.1 Å². The van der Waals surface area contributed by atoms with E-state index in [-0.39, 0.29) is 5.78 Å². The second kappa shape index (κ2) is 7.62. The Morgan fingerprint density at radius 3 is 2.89 bits per heavy atom. The fourth-order valence-corrected chi connectivity index (χ4v) is 3.54. The summed E-state index contributed by atoms with van der Waals surface area (Å²) in [6.45, 7) is 6.44. The molecule has 3 aromatic heterocycles. The van der Waals surface area contributed by atoms with Gasteiger partial charge in [0.05, 0.1) is 24.6 Å². The predicted molar refractivity (Wildman–Crippen MR) is 104 cm³/mol. The molecule has 142 valence electrons. The third-order valence-electron chi connectivity index (χ3n) is 5.03. The number of Topliss-reactive ketones (excluding diaryl/α,β-unsaturated/α-hetero) is 1. The van der Waals surface area contributed by atoms with Crippen molar-refractivity contribution in [1.82, 2.24) is 24.6 Å². The van der Waals surface area contributed by atoms with Crippen LogP contribution in [-0.2, 0) is 11.8 Å². The highest BCUT2D eigenvalue weighted by molar-refractivity contribution is 5.95. The fourth-order valence-electron chi connectivity index (χ4n) is 3.54. The normalized spacial score (nSPS) is 15.5. The molecule has 1 N–H and O–H groups in total. The maximum atomic E-state index is 12.6. The molecule has 27 heavy (non-hydrogen) atoms. The minimum atomic E-state index is 0.0928. The number of H-pyrrole nitrogens is 1. The average molecular weight is 367 g/mol. The largest absolute Gasteiger partial charge is 0.379 e. The van der Waals surface area contributed by atoms with E-state index in [1.165, 1.54) is 0 Å². The molecule has 0 spiro atoms. The molecule has 0 atom stereocenters. The fraction of sp³-hybridized carbons (Fsp3) is 0.450. The number of fused-ring (bicyclic) bond motifs is 1. The van der Waals surface area contributed by atoms with E-state index < -0.39 is 0 Å². The Kier molecular flexibility index (Phi) is 5.05. The first-order valence-electron chi connectivity index (χ1n) is 9.43. The number of pyridine rings is 1. The number of nitrogens with one attached hydrogen (secondary N) is 1. The first-order chi connectivity index (χ1) is 13.1. The lowest BCUT2D eigenvalue weighted by Crippen LogP contribution is -2.36. The molecule has 0 unspecified atom stereocenters. The van der Waals surface area contributed by atoms with Crippen molar-refractivity contribution >= 4 is 16.8 Å². The van der Waals surface area contributed by atoms with Gasteiger partial charge in [0.1, 0.15) is 11.3 Å². The highest BCUT2D eigenvalue weighted by Gasteiger charge is 2.16. The molecule has 0 saturated carbocycles. The standard InChI is InChI=1S/C20H25N5O2/c1-14-10-15-11-16(22-20(15)21-13-14)18-12-17(23-24(18)2)19(26)4-3-5-25-6-8-27-9-7-25/h10-13H,3-9H2,1-2H3,(H,21,22). The molecule has 3 aromatic rings. The van der Waals surface area contributed by atoms with Crippen molar-refractivity contribution in [3.05, 3.63) is 35.7 Å². The molecule has 0 amide bonds. The van der Waals surface area contributed by atoms with E-state index in [9.17, 15) is 4.79 Å². The van der Waals surface area contributed by atoms with Gasteiger partial charge in [-0.15, -0.1) is 0 Å². The molecule has 1 aliphatic heterocycles. The van der Waals surface area contributed by atoms with Crippen molar-refractivity contribution in [3.8, 4) is 11.4 Å². The van der Waals surface area contributed by atoms with Crippen LogP contribution >= 0.6 is 0 Å². The molecule has 4 rings (SSSR count). The maximum Gasteiger partial charge on any atom is 0.183 e. The summed E-state index contributed by atoms with van der Waals surface area (Å²) in [7, 11) is 1.87. The molecule has 0 aromatic carbocycles. The number of ketones is 1. The molecule has 1 fully saturated rings. The van der Waals surface area contributed by atoms with Gasteiger partial charge < -0.3 is 9.72 Å². The number of ether oxygens (including phenoxy) is 1. The summed E-state index contributed by atoms with van der Waals surface area (Å²) >= 11 is 0. The number of hydrogen-bond acceptors (Lipinski definition) is 5. The van der Waals surface area contributed by atoms with Crippen LogP contribution in [0, 0.1) is 6.92 Å². The van der Waals surface area contributed by atoms with Crippen LogP contribution in [-0.4, -0.2) is 63.3 Å². The van der Waals surface area contributed by atoms with E-state index in [4.69, 9.17) is 4.74 Å². The first kappa shape index (κ1) is 17.9. The zero-order valence-electron chi connectivity index (χ0n) is 15.9. The van der Waals surface area contributed by atoms with Crippen molar-refractivity contribution in [1.29, 1.82) is 0 Å². The van der Waals surface area contributed by atoms with Crippen LogP contribution in [0.1, 0.15) is 28.9 Å². The van der Waals surface area contributed by atoms with Gasteiger partial charge in [-0.1, -0.05) is 0 Å². The molecule has 1 saturated heterocycles. The third kappa shape index (κ3) is 3.94. The summed E-state index contributed by atoms with van der Waals surface area (Å²) < 4.78 is 7.11. The van der Waals surface area contributed by atoms with Crippen molar-refractivity contribution < 1.29 is 9.53 Å². The zero-order valence-corrected chi connectivity index (χ0v) is 15.9. The van der Waals surface area contributed by atoms with Gasteiger partial charge in [0.15, 0.2) is 5.78 Å². The second-order valence-electron chi connectivity index (χ2n) is 7.15. The number of aromatic nitrogens is 4. The van der Waals surface area contributed by atoms with Crippen LogP contribution in [0.4, 0.5) is 0 Å². The van der Waals surface area contributed by atoms with Crippen LogP contribution in [0.5, 0.6) is 0 Å². The zero-order chi connectivity index (χ0) is 18.8. The second-order valence-corrected chi connectivity index (χ2v) is 7.15. The van der Waals surface area contributed by atoms with Gasteiger partial charge in [-0.25, -0.2) is 4.98 Å². The minimum Gasteiger partial charge on any atom is -0.379 e. The number of aromatic amines is 1. The van der Waals surface area contributed by atoms with E-state index in [2.05, 4.69) is 32.1 Å². The number of morpholine rings is 1. The van der Waals surface area contributed by atoms with Crippen molar-refractivity contribution in [2.24, 2.45) is 7.05 Å². The summed E-state index contributed by atoms with van der Waals surface area (Å²) in [6, 6.07) is 6.02. The molecular weight excluding hydrogens is 342 g/mol. The van der Waals surface area contributed by atoms with Crippen LogP contribution < -0.4 is 0 Å². The average Bonchev–Trinajstić information content (AvgIpc) is 3.25. The Morgan fingerprint density at radius 1 is 1.26 bits per heavy atom. The Balaban J connectivity index is 1.44. The number of carbonyl (C=O) groups is 1. The monoisotopic (exact) mass is 367 g/mol. The smallest absolute Gasteiger partial charge is 0.183 e. The van der Waals surface area contributed by atoms with E-state index in [1.807, 2.05) is 26.2 Å². The van der Waals surface area contributed by atoms with Crippen LogP contribution in [0.15, 0.2) is 24.4 Å². The molecule has 7 nitrogen and oxygen atoms in total. The third-order valence-corrected chi connectivity index (χ3v) is 5.03. The minimum absolute atomic E-state index is 0.0928. The quantitative estimate of drug-likeness (QED) is 0.678. The Hall–Kier alpha value is -2.51. The summed E-state index contributed by atoms with van der Waals surface area (Å²) in [5.41, 5.74) is 4.30. The van der Waals surface area contributed by atoms with Crippen molar-refractivity contribution in [2.75, 3.05) is 32.8 Å². The van der Waals surface area contributed by atoms with Gasteiger partial charge in [-0.2, -0.15) is 5.10 Å². The number of hydrogen-bond donors (Lipinski definition) is 1.